The topological polar surface area (TPSA) is 101 Å². The van der Waals surface area contributed by atoms with Gasteiger partial charge in [0.1, 0.15) is 0 Å². The molecule has 2 aromatic rings. The van der Waals surface area contributed by atoms with Gasteiger partial charge in [0.05, 0.1) is 22.7 Å². The summed E-state index contributed by atoms with van der Waals surface area (Å²) < 4.78 is 0. The predicted octanol–water partition coefficient (Wildman–Crippen LogP) is 3.16. The molecule has 0 aliphatic heterocycles. The summed E-state index contributed by atoms with van der Waals surface area (Å²) in [5.41, 5.74) is 1.95. The average Bonchev–Trinajstić information content (AvgIpc) is 2.55. The van der Waals surface area contributed by atoms with E-state index in [4.69, 9.17) is 0 Å². The highest BCUT2D eigenvalue weighted by Gasteiger charge is 2.14. The third-order valence-electron chi connectivity index (χ3n) is 3.50. The van der Waals surface area contributed by atoms with Crippen LogP contribution in [0.3, 0.4) is 0 Å². The minimum atomic E-state index is -0.490. The van der Waals surface area contributed by atoms with Crippen molar-refractivity contribution in [3.05, 3.63) is 63.7 Å². The summed E-state index contributed by atoms with van der Waals surface area (Å²) >= 11 is 0. The van der Waals surface area contributed by atoms with Crippen LogP contribution in [0.2, 0.25) is 0 Å². The van der Waals surface area contributed by atoms with E-state index in [0.29, 0.717) is 22.5 Å². The molecule has 0 heterocycles. The van der Waals surface area contributed by atoms with Crippen molar-refractivity contribution in [3.63, 3.8) is 0 Å². The molecular formula is C17H17N3O4. The molecule has 24 heavy (non-hydrogen) atoms. The van der Waals surface area contributed by atoms with Crippen molar-refractivity contribution in [1.82, 2.24) is 0 Å². The fourth-order valence-electron chi connectivity index (χ4n) is 2.18. The number of nitro groups is 1. The molecule has 2 rings (SSSR count). The van der Waals surface area contributed by atoms with Crippen molar-refractivity contribution in [3.8, 4) is 0 Å². The van der Waals surface area contributed by atoms with Gasteiger partial charge in [-0.3, -0.25) is 19.7 Å². The average molecular weight is 327 g/mol. The van der Waals surface area contributed by atoms with Gasteiger partial charge in [-0.25, -0.2) is 0 Å². The van der Waals surface area contributed by atoms with Crippen molar-refractivity contribution in [2.24, 2.45) is 0 Å². The Kier molecular flexibility index (Phi) is 5.26. The van der Waals surface area contributed by atoms with E-state index in [1.807, 2.05) is 0 Å². The standard InChI is InChI=1S/C17H17N3O4/c1-11-15(7-4-8-16(11)20(23)24)19-17(22)10-18-14-6-3-5-13(9-14)12(2)21/h3-9,18H,10H2,1-2H3,(H,19,22). The normalized spacial score (nSPS) is 10.1. The molecule has 0 atom stereocenters. The van der Waals surface area contributed by atoms with Crippen LogP contribution in [0, 0.1) is 17.0 Å². The molecule has 0 saturated carbocycles. The lowest BCUT2D eigenvalue weighted by molar-refractivity contribution is -0.385. The monoisotopic (exact) mass is 327 g/mol. The van der Waals surface area contributed by atoms with Gasteiger partial charge in [-0.2, -0.15) is 0 Å². The maximum Gasteiger partial charge on any atom is 0.274 e. The molecule has 0 spiro atoms. The van der Waals surface area contributed by atoms with E-state index < -0.39 is 4.92 Å². The summed E-state index contributed by atoms with van der Waals surface area (Å²) in [6, 6.07) is 11.3. The van der Waals surface area contributed by atoms with Gasteiger partial charge in [-0.05, 0) is 32.0 Å². The van der Waals surface area contributed by atoms with E-state index >= 15 is 0 Å². The third kappa shape index (κ3) is 4.16. The van der Waals surface area contributed by atoms with Crippen molar-refractivity contribution in [1.29, 1.82) is 0 Å². The molecule has 0 saturated heterocycles. The smallest absolute Gasteiger partial charge is 0.274 e. The molecule has 1 amide bonds. The van der Waals surface area contributed by atoms with Gasteiger partial charge >= 0.3 is 0 Å². The molecule has 7 heteroatoms. The van der Waals surface area contributed by atoms with Crippen LogP contribution in [0.15, 0.2) is 42.5 Å². The van der Waals surface area contributed by atoms with Gasteiger partial charge in [0.25, 0.3) is 5.69 Å². The summed E-state index contributed by atoms with van der Waals surface area (Å²) in [5, 5.41) is 16.5. The Morgan fingerprint density at radius 2 is 1.88 bits per heavy atom. The molecule has 124 valence electrons. The molecule has 0 aliphatic carbocycles. The van der Waals surface area contributed by atoms with E-state index in [1.165, 1.54) is 19.1 Å². The highest BCUT2D eigenvalue weighted by Crippen LogP contribution is 2.24. The lowest BCUT2D eigenvalue weighted by atomic mass is 10.1. The van der Waals surface area contributed by atoms with Gasteiger partial charge in [-0.15, -0.1) is 0 Å². The third-order valence-corrected chi connectivity index (χ3v) is 3.50. The van der Waals surface area contributed by atoms with Crippen LogP contribution in [-0.2, 0) is 4.79 Å². The van der Waals surface area contributed by atoms with Crippen LogP contribution in [-0.4, -0.2) is 23.2 Å². The first-order chi connectivity index (χ1) is 11.4. The number of ketones is 1. The van der Waals surface area contributed by atoms with Crippen molar-refractivity contribution >= 4 is 28.8 Å². The SMILES string of the molecule is CC(=O)c1cccc(NCC(=O)Nc2cccc([N+](=O)[O-])c2C)c1. The zero-order valence-corrected chi connectivity index (χ0v) is 13.3. The van der Waals surface area contributed by atoms with E-state index in [9.17, 15) is 19.7 Å². The summed E-state index contributed by atoms with van der Waals surface area (Å²) in [7, 11) is 0. The van der Waals surface area contributed by atoms with Crippen LogP contribution < -0.4 is 10.6 Å². The molecule has 2 N–H and O–H groups in total. The van der Waals surface area contributed by atoms with Crippen LogP contribution >= 0.6 is 0 Å². The number of nitrogens with zero attached hydrogens (tertiary/aromatic N) is 1. The molecule has 0 aliphatic rings. The highest BCUT2D eigenvalue weighted by atomic mass is 16.6. The Balaban J connectivity index is 2.02. The van der Waals surface area contributed by atoms with E-state index in [-0.39, 0.29) is 23.9 Å². The quantitative estimate of drug-likeness (QED) is 0.482. The second-order valence-corrected chi connectivity index (χ2v) is 5.25. The zero-order chi connectivity index (χ0) is 17.7. The molecule has 2 aromatic carbocycles. The summed E-state index contributed by atoms with van der Waals surface area (Å²) in [5.74, 6) is -0.401. The van der Waals surface area contributed by atoms with Gasteiger partial charge in [0, 0.05) is 17.3 Å². The number of rotatable bonds is 6. The number of hydrogen-bond donors (Lipinski definition) is 2. The van der Waals surface area contributed by atoms with Crippen molar-refractivity contribution < 1.29 is 14.5 Å². The first-order valence-electron chi connectivity index (χ1n) is 7.27. The Morgan fingerprint density at radius 3 is 2.54 bits per heavy atom. The van der Waals surface area contributed by atoms with Crippen molar-refractivity contribution in [2.45, 2.75) is 13.8 Å². The summed E-state index contributed by atoms with van der Waals surface area (Å²) in [6.07, 6.45) is 0. The Hall–Kier alpha value is -3.22. The fraction of sp³-hybridized carbons (Fsp3) is 0.176. The predicted molar refractivity (Wildman–Crippen MR) is 91.4 cm³/mol. The number of carbonyl (C=O) groups is 2. The number of nitrogens with one attached hydrogen (secondary N) is 2. The first kappa shape index (κ1) is 17.1. The number of nitro benzene ring substituents is 1. The lowest BCUT2D eigenvalue weighted by Crippen LogP contribution is -2.22. The zero-order valence-electron chi connectivity index (χ0n) is 13.3. The molecule has 0 radical (unpaired) electrons. The maximum atomic E-state index is 12.0. The minimum absolute atomic E-state index is 0.0243. The van der Waals surface area contributed by atoms with Gasteiger partial charge in [0.2, 0.25) is 5.91 Å². The Labute approximate surface area is 138 Å². The first-order valence-corrected chi connectivity index (χ1v) is 7.27. The number of anilines is 2. The number of Topliss-reactive ketones (excluding diaryl/α,β-unsaturated/α-hetero) is 1. The van der Waals surface area contributed by atoms with Crippen molar-refractivity contribution in [2.75, 3.05) is 17.2 Å². The largest absolute Gasteiger partial charge is 0.376 e. The molecule has 0 fully saturated rings. The van der Waals surface area contributed by atoms with Crippen LogP contribution in [0.4, 0.5) is 17.1 Å². The Bertz CT molecular complexity index is 802. The summed E-state index contributed by atoms with van der Waals surface area (Å²) in [4.78, 5) is 33.8. The van der Waals surface area contributed by atoms with Gasteiger partial charge < -0.3 is 10.6 Å². The second kappa shape index (κ2) is 7.36. The van der Waals surface area contributed by atoms with Crippen LogP contribution in [0.5, 0.6) is 0 Å². The minimum Gasteiger partial charge on any atom is -0.376 e. The number of benzene rings is 2. The van der Waals surface area contributed by atoms with Crippen LogP contribution in [0.25, 0.3) is 0 Å². The second-order valence-electron chi connectivity index (χ2n) is 5.25. The van der Waals surface area contributed by atoms with E-state index in [2.05, 4.69) is 10.6 Å². The van der Waals surface area contributed by atoms with Crippen LogP contribution in [0.1, 0.15) is 22.8 Å². The molecule has 0 aromatic heterocycles. The molecule has 0 bridgehead atoms. The highest BCUT2D eigenvalue weighted by molar-refractivity contribution is 5.96. The molecule has 0 unspecified atom stereocenters. The lowest BCUT2D eigenvalue weighted by Gasteiger charge is -2.10. The fourth-order valence-corrected chi connectivity index (χ4v) is 2.18. The van der Waals surface area contributed by atoms with E-state index in [1.54, 1.807) is 37.3 Å². The van der Waals surface area contributed by atoms with Gasteiger partial charge in [0.15, 0.2) is 5.78 Å². The number of carbonyl (C=O) groups excluding carboxylic acids is 2. The van der Waals surface area contributed by atoms with E-state index in [0.717, 1.165) is 0 Å². The number of hydrogen-bond acceptors (Lipinski definition) is 5. The number of amides is 1. The van der Waals surface area contributed by atoms with Gasteiger partial charge in [-0.1, -0.05) is 18.2 Å². The maximum absolute atomic E-state index is 12.0. The molecule has 7 nitrogen and oxygen atoms in total. The Morgan fingerprint density at radius 1 is 1.17 bits per heavy atom. The summed E-state index contributed by atoms with van der Waals surface area (Å²) in [6.45, 7) is 3.03. The molecular weight excluding hydrogens is 310 g/mol.